The minimum Gasteiger partial charge on any atom is -0.384 e. The van der Waals surface area contributed by atoms with Crippen molar-refractivity contribution < 1.29 is 9.50 Å². The summed E-state index contributed by atoms with van der Waals surface area (Å²) in [5.74, 6) is 0. The third-order valence-corrected chi connectivity index (χ3v) is 2.17. The van der Waals surface area contributed by atoms with Crippen LogP contribution in [-0.2, 0) is 0 Å². The fourth-order valence-electron chi connectivity index (χ4n) is 1.35. The molecule has 0 saturated heterocycles. The van der Waals surface area contributed by atoms with E-state index in [0.717, 1.165) is 5.56 Å². The molecular weight excluding hydrogens is 195 g/mol. The molecular formula is C11H11FN2O. The van der Waals surface area contributed by atoms with Crippen LogP contribution < -0.4 is 0 Å². The van der Waals surface area contributed by atoms with Gasteiger partial charge in [-0.3, -0.25) is 5.10 Å². The summed E-state index contributed by atoms with van der Waals surface area (Å²) >= 11 is 0. The van der Waals surface area contributed by atoms with E-state index in [1.807, 2.05) is 30.3 Å². The Morgan fingerprint density at radius 3 is 2.73 bits per heavy atom. The molecule has 3 nitrogen and oxygen atoms in total. The van der Waals surface area contributed by atoms with E-state index in [0.29, 0.717) is 11.4 Å². The van der Waals surface area contributed by atoms with Crippen LogP contribution in [0.4, 0.5) is 4.39 Å². The van der Waals surface area contributed by atoms with Crippen LogP contribution >= 0.6 is 0 Å². The van der Waals surface area contributed by atoms with E-state index < -0.39 is 12.8 Å². The number of aliphatic hydroxyl groups excluding tert-OH is 1. The molecule has 0 fully saturated rings. The standard InChI is InChI=1S/C11H11FN2O/c12-7-11(15)10-6-9(13-14-10)8-4-2-1-3-5-8/h1-6,11,15H,7H2,(H,13,14). The zero-order valence-corrected chi connectivity index (χ0v) is 8.02. The van der Waals surface area contributed by atoms with E-state index in [-0.39, 0.29) is 0 Å². The third-order valence-electron chi connectivity index (χ3n) is 2.17. The van der Waals surface area contributed by atoms with E-state index >= 15 is 0 Å². The average Bonchev–Trinajstić information content (AvgIpc) is 2.78. The van der Waals surface area contributed by atoms with Crippen LogP contribution in [0.25, 0.3) is 11.3 Å². The SMILES string of the molecule is OC(CF)c1cc(-c2ccccc2)n[nH]1. The Hall–Kier alpha value is -1.68. The van der Waals surface area contributed by atoms with Gasteiger partial charge in [0.2, 0.25) is 0 Å². The molecule has 0 amide bonds. The monoisotopic (exact) mass is 206 g/mol. The molecule has 0 aliphatic heterocycles. The van der Waals surface area contributed by atoms with Crippen molar-refractivity contribution in [1.82, 2.24) is 10.2 Å². The molecule has 1 aromatic carbocycles. The highest BCUT2D eigenvalue weighted by Gasteiger charge is 2.10. The van der Waals surface area contributed by atoms with Crippen molar-refractivity contribution in [1.29, 1.82) is 0 Å². The van der Waals surface area contributed by atoms with E-state index in [1.165, 1.54) is 0 Å². The maximum absolute atomic E-state index is 12.2. The lowest BCUT2D eigenvalue weighted by atomic mass is 10.1. The first-order valence-corrected chi connectivity index (χ1v) is 4.66. The smallest absolute Gasteiger partial charge is 0.124 e. The molecule has 1 unspecified atom stereocenters. The van der Waals surface area contributed by atoms with Crippen molar-refractivity contribution in [3.63, 3.8) is 0 Å². The molecule has 2 N–H and O–H groups in total. The number of rotatable bonds is 3. The molecule has 0 radical (unpaired) electrons. The number of aliphatic hydroxyl groups is 1. The van der Waals surface area contributed by atoms with Gasteiger partial charge in [0.25, 0.3) is 0 Å². The first-order valence-electron chi connectivity index (χ1n) is 4.66. The second-order valence-electron chi connectivity index (χ2n) is 3.24. The van der Waals surface area contributed by atoms with Gasteiger partial charge in [0.1, 0.15) is 12.8 Å². The number of H-pyrrole nitrogens is 1. The maximum Gasteiger partial charge on any atom is 0.124 e. The maximum atomic E-state index is 12.2. The van der Waals surface area contributed by atoms with Crippen LogP contribution in [0.2, 0.25) is 0 Å². The molecule has 1 heterocycles. The molecule has 4 heteroatoms. The number of nitrogens with one attached hydrogen (secondary N) is 1. The Bertz CT molecular complexity index is 427. The summed E-state index contributed by atoms with van der Waals surface area (Å²) in [6.45, 7) is -0.809. The zero-order valence-electron chi connectivity index (χ0n) is 8.02. The molecule has 2 aromatic rings. The summed E-state index contributed by atoms with van der Waals surface area (Å²) < 4.78 is 12.2. The van der Waals surface area contributed by atoms with Crippen LogP contribution in [-0.4, -0.2) is 22.0 Å². The Morgan fingerprint density at radius 2 is 2.07 bits per heavy atom. The molecule has 2 rings (SSSR count). The van der Waals surface area contributed by atoms with Gasteiger partial charge in [-0.1, -0.05) is 30.3 Å². The fraction of sp³-hybridized carbons (Fsp3) is 0.182. The average molecular weight is 206 g/mol. The highest BCUT2D eigenvalue weighted by Crippen LogP contribution is 2.20. The summed E-state index contributed by atoms with van der Waals surface area (Å²) in [6, 6.07) is 11.2. The molecule has 1 atom stereocenters. The quantitative estimate of drug-likeness (QED) is 0.807. The number of benzene rings is 1. The molecule has 0 bridgehead atoms. The van der Waals surface area contributed by atoms with Crippen molar-refractivity contribution in [2.24, 2.45) is 0 Å². The fourth-order valence-corrected chi connectivity index (χ4v) is 1.35. The Morgan fingerprint density at radius 1 is 1.33 bits per heavy atom. The van der Waals surface area contributed by atoms with Crippen LogP contribution in [0.15, 0.2) is 36.4 Å². The number of hydrogen-bond donors (Lipinski definition) is 2. The van der Waals surface area contributed by atoms with Gasteiger partial charge >= 0.3 is 0 Å². The normalized spacial score (nSPS) is 12.7. The molecule has 1 aromatic heterocycles. The molecule has 0 aliphatic rings. The highest BCUT2D eigenvalue weighted by atomic mass is 19.1. The first kappa shape index (κ1) is 9.86. The van der Waals surface area contributed by atoms with Gasteiger partial charge in [-0.05, 0) is 6.07 Å². The molecule has 15 heavy (non-hydrogen) atoms. The molecule has 0 saturated carbocycles. The molecule has 78 valence electrons. The lowest BCUT2D eigenvalue weighted by Gasteiger charge is -1.99. The topological polar surface area (TPSA) is 48.9 Å². The third kappa shape index (κ3) is 2.05. The van der Waals surface area contributed by atoms with Gasteiger partial charge in [-0.25, -0.2) is 4.39 Å². The number of halogens is 1. The summed E-state index contributed by atoms with van der Waals surface area (Å²) in [7, 11) is 0. The van der Waals surface area contributed by atoms with Gasteiger partial charge < -0.3 is 5.11 Å². The van der Waals surface area contributed by atoms with Crippen molar-refractivity contribution >= 4 is 0 Å². The zero-order chi connectivity index (χ0) is 10.7. The number of nitrogens with zero attached hydrogens (tertiary/aromatic N) is 1. The van der Waals surface area contributed by atoms with Crippen LogP contribution in [0.5, 0.6) is 0 Å². The van der Waals surface area contributed by atoms with E-state index in [9.17, 15) is 9.50 Å². The van der Waals surface area contributed by atoms with Gasteiger partial charge in [0.05, 0.1) is 11.4 Å². The van der Waals surface area contributed by atoms with Gasteiger partial charge in [0.15, 0.2) is 0 Å². The summed E-state index contributed by atoms with van der Waals surface area (Å²) in [4.78, 5) is 0. The largest absolute Gasteiger partial charge is 0.384 e. The number of alkyl halides is 1. The first-order chi connectivity index (χ1) is 7.31. The van der Waals surface area contributed by atoms with Crippen molar-refractivity contribution in [2.75, 3.05) is 6.67 Å². The minimum absolute atomic E-state index is 0.399. The lowest BCUT2D eigenvalue weighted by molar-refractivity contribution is 0.137. The number of aromatic amines is 1. The number of aromatic nitrogens is 2. The second kappa shape index (κ2) is 4.23. The van der Waals surface area contributed by atoms with Gasteiger partial charge in [-0.15, -0.1) is 0 Å². The summed E-state index contributed by atoms with van der Waals surface area (Å²) in [6.07, 6.45) is -1.12. The lowest BCUT2D eigenvalue weighted by Crippen LogP contribution is -1.98. The van der Waals surface area contributed by atoms with Crippen LogP contribution in [0.3, 0.4) is 0 Å². The Balaban J connectivity index is 2.28. The number of hydrogen-bond acceptors (Lipinski definition) is 2. The van der Waals surface area contributed by atoms with Crippen LogP contribution in [0, 0.1) is 0 Å². The van der Waals surface area contributed by atoms with E-state index in [2.05, 4.69) is 10.2 Å². The van der Waals surface area contributed by atoms with Gasteiger partial charge in [-0.2, -0.15) is 5.10 Å². The predicted molar refractivity (Wildman–Crippen MR) is 55.0 cm³/mol. The molecule has 0 spiro atoms. The van der Waals surface area contributed by atoms with Crippen molar-refractivity contribution in [2.45, 2.75) is 6.10 Å². The summed E-state index contributed by atoms with van der Waals surface area (Å²) in [5.41, 5.74) is 2.04. The Labute approximate surface area is 86.6 Å². The Kier molecular flexibility index (Phi) is 2.78. The minimum atomic E-state index is -1.12. The highest BCUT2D eigenvalue weighted by molar-refractivity contribution is 5.58. The van der Waals surface area contributed by atoms with Crippen LogP contribution in [0.1, 0.15) is 11.8 Å². The van der Waals surface area contributed by atoms with E-state index in [4.69, 9.17) is 0 Å². The van der Waals surface area contributed by atoms with Crippen molar-refractivity contribution in [3.8, 4) is 11.3 Å². The molecule has 0 aliphatic carbocycles. The van der Waals surface area contributed by atoms with Crippen molar-refractivity contribution in [3.05, 3.63) is 42.1 Å². The van der Waals surface area contributed by atoms with Gasteiger partial charge in [0, 0.05) is 5.56 Å². The predicted octanol–water partition coefficient (Wildman–Crippen LogP) is 2.08. The summed E-state index contributed by atoms with van der Waals surface area (Å²) in [5, 5.41) is 15.9. The second-order valence-corrected chi connectivity index (χ2v) is 3.24. The van der Waals surface area contributed by atoms with E-state index in [1.54, 1.807) is 6.07 Å².